The molecule has 0 unspecified atom stereocenters. The molecule has 7 heteroatoms. The van der Waals surface area contributed by atoms with Gasteiger partial charge in [0.05, 0.1) is 11.0 Å². The van der Waals surface area contributed by atoms with E-state index in [4.69, 9.17) is 24.4 Å². The lowest BCUT2D eigenvalue weighted by atomic mass is 10.2. The highest BCUT2D eigenvalue weighted by molar-refractivity contribution is 9.10. The highest BCUT2D eigenvalue weighted by atomic mass is 79.9. The Kier molecular flexibility index (Phi) is 4.85. The van der Waals surface area contributed by atoms with Gasteiger partial charge in [0.15, 0.2) is 8.64 Å². The van der Waals surface area contributed by atoms with Gasteiger partial charge in [-0.05, 0) is 60.3 Å². The fourth-order valence-corrected chi connectivity index (χ4v) is 5.09. The van der Waals surface area contributed by atoms with Crippen LogP contribution in [0.1, 0.15) is 0 Å². The predicted octanol–water partition coefficient (Wildman–Crippen LogP) is 6.82. The van der Waals surface area contributed by atoms with Gasteiger partial charge in [0.2, 0.25) is 0 Å². The first-order valence-corrected chi connectivity index (χ1v) is 10.5. The Morgan fingerprint density at radius 2 is 1.16 bits per heavy atom. The fourth-order valence-electron chi connectivity index (χ4n) is 2.72. The Morgan fingerprint density at radius 3 is 1.60 bits per heavy atom. The number of nitrogens with zero attached hydrogens (tertiary/aromatic N) is 2. The lowest BCUT2D eigenvalue weighted by molar-refractivity contribution is 1.27. The summed E-state index contributed by atoms with van der Waals surface area (Å²) in [7, 11) is 0. The zero-order valence-electron chi connectivity index (χ0n) is 12.6. The van der Waals surface area contributed by atoms with Gasteiger partial charge in [0.25, 0.3) is 0 Å². The average molecular weight is 510 g/mol. The van der Waals surface area contributed by atoms with Gasteiger partial charge in [0.1, 0.15) is 0 Å². The second-order valence-electron chi connectivity index (χ2n) is 5.41. The van der Waals surface area contributed by atoms with Crippen LogP contribution >= 0.6 is 68.1 Å². The van der Waals surface area contributed by atoms with Crippen molar-refractivity contribution in [3.8, 4) is 0 Å². The number of fused-ring (bicyclic) bond motifs is 2. The van der Waals surface area contributed by atoms with Gasteiger partial charge >= 0.3 is 0 Å². The first kappa shape index (κ1) is 17.4. The third kappa shape index (κ3) is 3.36. The summed E-state index contributed by atoms with van der Waals surface area (Å²) in [5.41, 5.74) is 2.15. The predicted molar refractivity (Wildman–Crippen MR) is 123 cm³/mol. The zero-order chi connectivity index (χ0) is 17.6. The van der Waals surface area contributed by atoms with Crippen molar-refractivity contribution < 1.29 is 0 Å². The van der Waals surface area contributed by atoms with Crippen LogP contribution in [0.4, 0.5) is 0 Å². The minimum atomic E-state index is 0.710. The third-order valence-corrected chi connectivity index (χ3v) is 6.50. The Balaban J connectivity index is 1.64. The SMILES string of the molecule is S=C(SC(=S)n1ccc2cc(Br)ccc21)n1ccc2cc(Br)ccc21. The minimum Gasteiger partial charge on any atom is -0.302 e. The van der Waals surface area contributed by atoms with E-state index in [-0.39, 0.29) is 0 Å². The molecule has 2 heterocycles. The minimum absolute atomic E-state index is 0.710. The summed E-state index contributed by atoms with van der Waals surface area (Å²) in [5, 5.41) is 2.28. The van der Waals surface area contributed by atoms with Crippen molar-refractivity contribution in [2.75, 3.05) is 0 Å². The number of thioether (sulfide) groups is 1. The maximum atomic E-state index is 5.63. The van der Waals surface area contributed by atoms with Crippen molar-refractivity contribution >= 4 is 98.5 Å². The summed E-state index contributed by atoms with van der Waals surface area (Å²) < 4.78 is 7.52. The number of halogens is 2. The third-order valence-electron chi connectivity index (χ3n) is 3.87. The molecule has 0 saturated heterocycles. The average Bonchev–Trinajstić information content (AvgIpc) is 3.17. The van der Waals surface area contributed by atoms with Gasteiger partial charge in [-0.25, -0.2) is 0 Å². The van der Waals surface area contributed by atoms with Crippen LogP contribution in [-0.4, -0.2) is 17.8 Å². The van der Waals surface area contributed by atoms with E-state index in [1.165, 1.54) is 11.8 Å². The van der Waals surface area contributed by atoms with Crippen LogP contribution in [0.3, 0.4) is 0 Å². The molecule has 0 fully saturated rings. The molecule has 0 aliphatic rings. The van der Waals surface area contributed by atoms with Gasteiger partial charge in [-0.15, -0.1) is 0 Å². The standard InChI is InChI=1S/C18H10Br2N2S3/c19-13-1-3-15-11(9-13)5-7-21(15)17(23)25-18(24)22-8-6-12-10-14(20)2-4-16(12)22/h1-10H. The topological polar surface area (TPSA) is 9.86 Å². The number of thiocarbonyl (C=S) groups is 2. The summed E-state index contributed by atoms with van der Waals surface area (Å²) >= 11 is 19.7. The normalized spacial score (nSPS) is 11.3. The van der Waals surface area contributed by atoms with Crippen LogP contribution in [0.15, 0.2) is 69.9 Å². The Morgan fingerprint density at radius 1 is 0.720 bits per heavy atom. The van der Waals surface area contributed by atoms with Crippen LogP contribution in [-0.2, 0) is 0 Å². The number of rotatable bonds is 0. The van der Waals surface area contributed by atoms with Crippen LogP contribution in [0, 0.1) is 0 Å². The van der Waals surface area contributed by atoms with E-state index in [0.717, 1.165) is 30.8 Å². The molecule has 4 aromatic rings. The second kappa shape index (κ2) is 6.96. The molecule has 25 heavy (non-hydrogen) atoms. The van der Waals surface area contributed by atoms with Gasteiger partial charge in [0, 0.05) is 32.1 Å². The maximum Gasteiger partial charge on any atom is 0.152 e. The summed E-state index contributed by atoms with van der Waals surface area (Å²) in [4.78, 5) is 0. The first-order chi connectivity index (χ1) is 12.0. The molecule has 0 amide bonds. The summed E-state index contributed by atoms with van der Waals surface area (Å²) in [6, 6.07) is 16.4. The van der Waals surface area contributed by atoms with Crippen molar-refractivity contribution in [1.82, 2.24) is 9.13 Å². The van der Waals surface area contributed by atoms with Crippen molar-refractivity contribution in [3.63, 3.8) is 0 Å². The van der Waals surface area contributed by atoms with E-state index in [9.17, 15) is 0 Å². The quantitative estimate of drug-likeness (QED) is 0.241. The van der Waals surface area contributed by atoms with Crippen molar-refractivity contribution in [1.29, 1.82) is 0 Å². The molecule has 0 aliphatic heterocycles. The molecule has 0 bridgehead atoms. The molecule has 0 radical (unpaired) electrons. The molecule has 0 spiro atoms. The van der Waals surface area contributed by atoms with Gasteiger partial charge in [-0.1, -0.05) is 56.3 Å². The largest absolute Gasteiger partial charge is 0.302 e. The summed E-state index contributed by atoms with van der Waals surface area (Å²) in [5.74, 6) is 0. The van der Waals surface area contributed by atoms with E-state index < -0.39 is 0 Å². The van der Waals surface area contributed by atoms with Gasteiger partial charge < -0.3 is 9.13 Å². The Labute approximate surface area is 176 Å². The van der Waals surface area contributed by atoms with Crippen molar-refractivity contribution in [2.24, 2.45) is 0 Å². The lowest BCUT2D eigenvalue weighted by Crippen LogP contribution is -2.11. The lowest BCUT2D eigenvalue weighted by Gasteiger charge is -2.10. The van der Waals surface area contributed by atoms with E-state index in [1.54, 1.807) is 0 Å². The van der Waals surface area contributed by atoms with E-state index in [1.807, 2.05) is 33.7 Å². The van der Waals surface area contributed by atoms with Crippen molar-refractivity contribution in [2.45, 2.75) is 0 Å². The molecular weight excluding hydrogens is 500 g/mol. The molecule has 2 nitrogen and oxygen atoms in total. The number of benzene rings is 2. The van der Waals surface area contributed by atoms with Gasteiger partial charge in [-0.2, -0.15) is 0 Å². The second-order valence-corrected chi connectivity index (χ2v) is 9.51. The maximum absolute atomic E-state index is 5.63. The highest BCUT2D eigenvalue weighted by Crippen LogP contribution is 2.26. The molecule has 2 aromatic carbocycles. The highest BCUT2D eigenvalue weighted by Gasteiger charge is 2.12. The summed E-state index contributed by atoms with van der Waals surface area (Å²) in [6.45, 7) is 0. The molecule has 2 aromatic heterocycles. The monoisotopic (exact) mass is 508 g/mol. The van der Waals surface area contributed by atoms with Crippen LogP contribution in [0.2, 0.25) is 0 Å². The van der Waals surface area contributed by atoms with E-state index in [0.29, 0.717) is 8.64 Å². The molecule has 4 rings (SSSR count). The smallest absolute Gasteiger partial charge is 0.152 e. The Hall–Kier alpha value is -0.990. The van der Waals surface area contributed by atoms with E-state index in [2.05, 4.69) is 68.3 Å². The van der Waals surface area contributed by atoms with Crippen LogP contribution in [0.5, 0.6) is 0 Å². The van der Waals surface area contributed by atoms with E-state index >= 15 is 0 Å². The molecular formula is C18H10Br2N2S3. The van der Waals surface area contributed by atoms with Crippen LogP contribution in [0.25, 0.3) is 21.8 Å². The fraction of sp³-hybridized carbons (Fsp3) is 0. The number of hydrogen-bond acceptors (Lipinski definition) is 3. The molecule has 124 valence electrons. The first-order valence-electron chi connectivity index (χ1n) is 7.33. The molecule has 0 N–H and O–H groups in total. The molecule has 0 atom stereocenters. The van der Waals surface area contributed by atoms with Crippen LogP contribution < -0.4 is 0 Å². The summed E-state index contributed by atoms with van der Waals surface area (Å²) in [6.07, 6.45) is 3.97. The Bertz CT molecular complexity index is 1050. The number of aromatic nitrogens is 2. The van der Waals surface area contributed by atoms with Gasteiger partial charge in [-0.3, -0.25) is 0 Å². The number of hydrogen-bond donors (Lipinski definition) is 0. The molecule has 0 aliphatic carbocycles. The zero-order valence-corrected chi connectivity index (χ0v) is 18.3. The molecule has 0 saturated carbocycles. The van der Waals surface area contributed by atoms with Crippen molar-refractivity contribution in [3.05, 3.63) is 69.9 Å².